The van der Waals surface area contributed by atoms with Crippen LogP contribution < -0.4 is 5.32 Å². The van der Waals surface area contributed by atoms with Gasteiger partial charge in [0.15, 0.2) is 0 Å². The second-order valence-electron chi connectivity index (χ2n) is 4.95. The van der Waals surface area contributed by atoms with Gasteiger partial charge in [0, 0.05) is 6.20 Å². The van der Waals surface area contributed by atoms with E-state index in [1.165, 1.54) is 36.5 Å². The lowest BCUT2D eigenvalue weighted by Crippen LogP contribution is -2.31. The molecule has 1 N–H and O–H groups in total. The highest BCUT2D eigenvalue weighted by molar-refractivity contribution is 6.30. The lowest BCUT2D eigenvalue weighted by molar-refractivity contribution is -0.143. The van der Waals surface area contributed by atoms with Crippen molar-refractivity contribution in [2.75, 3.05) is 6.61 Å². The Labute approximate surface area is 143 Å². The molecule has 0 aliphatic heterocycles. The largest absolute Gasteiger partial charge is 0.466 e. The Kier molecular flexibility index (Phi) is 6.26. The Morgan fingerprint density at radius 1 is 1.25 bits per heavy atom. The summed E-state index contributed by atoms with van der Waals surface area (Å²) in [6, 6.07) is 7.91. The molecule has 2 rings (SSSR count). The number of ether oxygens (including phenoxy) is 1. The van der Waals surface area contributed by atoms with Crippen molar-refractivity contribution in [3.05, 3.63) is 64.7 Å². The van der Waals surface area contributed by atoms with Crippen LogP contribution >= 0.6 is 11.6 Å². The lowest BCUT2D eigenvalue weighted by Gasteiger charge is -2.18. The molecule has 1 amide bonds. The molecule has 0 saturated carbocycles. The maximum atomic E-state index is 13.1. The summed E-state index contributed by atoms with van der Waals surface area (Å²) in [6.07, 6.45) is 1.29. The van der Waals surface area contributed by atoms with Gasteiger partial charge >= 0.3 is 5.97 Å². The minimum Gasteiger partial charge on any atom is -0.466 e. The second-order valence-corrected chi connectivity index (χ2v) is 5.38. The molecule has 0 saturated heterocycles. The Morgan fingerprint density at radius 2 is 1.96 bits per heavy atom. The van der Waals surface area contributed by atoms with E-state index in [1.54, 1.807) is 13.0 Å². The van der Waals surface area contributed by atoms with E-state index in [1.807, 2.05) is 0 Å². The summed E-state index contributed by atoms with van der Waals surface area (Å²) >= 11 is 5.75. The zero-order valence-corrected chi connectivity index (χ0v) is 13.7. The minimum atomic E-state index is -0.658. The number of carbonyl (C=O) groups is 2. The standard InChI is InChI=1S/C17H16ClFN2O3/c1-2-24-16(22)9-15(11-3-6-13(19)7-4-11)21-17(23)14-8-5-12(18)10-20-14/h3-8,10,15H,2,9H2,1H3,(H,21,23)/t15-/m0/s1. The van der Waals surface area contributed by atoms with Crippen molar-refractivity contribution < 1.29 is 18.7 Å². The molecule has 1 aromatic heterocycles. The number of benzene rings is 1. The lowest BCUT2D eigenvalue weighted by atomic mass is 10.0. The van der Waals surface area contributed by atoms with Gasteiger partial charge in [-0.05, 0) is 36.8 Å². The average molecular weight is 351 g/mol. The summed E-state index contributed by atoms with van der Waals surface area (Å²) in [5.74, 6) is -1.33. The molecule has 1 aromatic carbocycles. The van der Waals surface area contributed by atoms with E-state index in [-0.39, 0.29) is 18.7 Å². The van der Waals surface area contributed by atoms with Crippen LogP contribution in [0.2, 0.25) is 5.02 Å². The van der Waals surface area contributed by atoms with E-state index in [2.05, 4.69) is 10.3 Å². The molecule has 7 heteroatoms. The predicted octanol–water partition coefficient (Wildman–Crippen LogP) is 3.30. The van der Waals surface area contributed by atoms with Crippen LogP contribution in [-0.4, -0.2) is 23.5 Å². The normalized spacial score (nSPS) is 11.6. The molecule has 0 aliphatic carbocycles. The summed E-state index contributed by atoms with van der Waals surface area (Å²) in [5.41, 5.74) is 0.752. The third kappa shape index (κ3) is 5.03. The van der Waals surface area contributed by atoms with Crippen LogP contribution in [0.3, 0.4) is 0 Å². The number of hydrogen-bond donors (Lipinski definition) is 1. The molecule has 0 aliphatic rings. The van der Waals surface area contributed by atoms with E-state index < -0.39 is 23.7 Å². The van der Waals surface area contributed by atoms with Gasteiger partial charge in [-0.15, -0.1) is 0 Å². The summed E-state index contributed by atoms with van der Waals surface area (Å²) in [5, 5.41) is 3.12. The van der Waals surface area contributed by atoms with E-state index in [0.29, 0.717) is 10.6 Å². The monoisotopic (exact) mass is 350 g/mol. The zero-order valence-electron chi connectivity index (χ0n) is 13.0. The summed E-state index contributed by atoms with van der Waals surface area (Å²) < 4.78 is 18.0. The van der Waals surface area contributed by atoms with Gasteiger partial charge in [-0.2, -0.15) is 0 Å². The molecule has 0 fully saturated rings. The summed E-state index contributed by atoms with van der Waals surface area (Å²) in [6.45, 7) is 1.93. The number of carbonyl (C=O) groups excluding carboxylic acids is 2. The molecule has 126 valence electrons. The van der Waals surface area contributed by atoms with Crippen molar-refractivity contribution in [3.8, 4) is 0 Å². The fourth-order valence-corrected chi connectivity index (χ4v) is 2.19. The van der Waals surface area contributed by atoms with E-state index in [4.69, 9.17) is 16.3 Å². The van der Waals surface area contributed by atoms with Crippen molar-refractivity contribution in [2.24, 2.45) is 0 Å². The molecule has 0 radical (unpaired) electrons. The maximum Gasteiger partial charge on any atom is 0.308 e. The first-order valence-electron chi connectivity index (χ1n) is 7.33. The van der Waals surface area contributed by atoms with E-state index in [0.717, 1.165) is 0 Å². The van der Waals surface area contributed by atoms with Crippen LogP contribution in [-0.2, 0) is 9.53 Å². The highest BCUT2D eigenvalue weighted by Crippen LogP contribution is 2.19. The van der Waals surface area contributed by atoms with Gasteiger partial charge in [0.1, 0.15) is 11.5 Å². The smallest absolute Gasteiger partial charge is 0.308 e. The Bertz CT molecular complexity index is 705. The van der Waals surface area contributed by atoms with Crippen molar-refractivity contribution in [2.45, 2.75) is 19.4 Å². The van der Waals surface area contributed by atoms with Gasteiger partial charge < -0.3 is 10.1 Å². The van der Waals surface area contributed by atoms with Crippen LogP contribution in [0.4, 0.5) is 4.39 Å². The SMILES string of the molecule is CCOC(=O)C[C@H](NC(=O)c1ccc(Cl)cn1)c1ccc(F)cc1. The first kappa shape index (κ1) is 17.9. The van der Waals surface area contributed by atoms with Crippen LogP contribution in [0, 0.1) is 5.82 Å². The van der Waals surface area contributed by atoms with Gasteiger partial charge in [0.05, 0.1) is 24.1 Å². The van der Waals surface area contributed by atoms with E-state index in [9.17, 15) is 14.0 Å². The topological polar surface area (TPSA) is 68.3 Å². The fraction of sp³-hybridized carbons (Fsp3) is 0.235. The molecule has 1 atom stereocenters. The summed E-state index contributed by atoms with van der Waals surface area (Å²) in [4.78, 5) is 28.0. The molecule has 5 nitrogen and oxygen atoms in total. The number of rotatable bonds is 6. The quantitative estimate of drug-likeness (QED) is 0.812. The third-order valence-corrected chi connectivity index (χ3v) is 3.44. The number of amides is 1. The van der Waals surface area contributed by atoms with Gasteiger partial charge in [-0.1, -0.05) is 23.7 Å². The molecular formula is C17H16ClFN2O3. The molecule has 1 heterocycles. The third-order valence-electron chi connectivity index (χ3n) is 3.21. The molecule has 2 aromatic rings. The zero-order chi connectivity index (χ0) is 17.5. The van der Waals surface area contributed by atoms with Crippen LogP contribution in [0.5, 0.6) is 0 Å². The number of esters is 1. The Balaban J connectivity index is 2.18. The number of hydrogen-bond acceptors (Lipinski definition) is 4. The van der Waals surface area contributed by atoms with Crippen molar-refractivity contribution >= 4 is 23.5 Å². The van der Waals surface area contributed by atoms with Crippen molar-refractivity contribution in [3.63, 3.8) is 0 Å². The molecule has 24 heavy (non-hydrogen) atoms. The number of aromatic nitrogens is 1. The molecule has 0 unspecified atom stereocenters. The first-order chi connectivity index (χ1) is 11.5. The minimum absolute atomic E-state index is 0.0706. The predicted molar refractivity (Wildman–Crippen MR) is 87.1 cm³/mol. The highest BCUT2D eigenvalue weighted by atomic mass is 35.5. The van der Waals surface area contributed by atoms with E-state index >= 15 is 0 Å². The van der Waals surface area contributed by atoms with Crippen LogP contribution in [0.25, 0.3) is 0 Å². The average Bonchev–Trinajstić information content (AvgIpc) is 2.55. The number of halogens is 2. The molecule has 0 bridgehead atoms. The molecule has 0 spiro atoms. The van der Waals surface area contributed by atoms with Crippen LogP contribution in [0.1, 0.15) is 35.4 Å². The van der Waals surface area contributed by atoms with Gasteiger partial charge in [0.2, 0.25) is 0 Å². The Morgan fingerprint density at radius 3 is 2.54 bits per heavy atom. The Hall–Kier alpha value is -2.47. The van der Waals surface area contributed by atoms with Gasteiger partial charge in [-0.25, -0.2) is 9.37 Å². The number of nitrogens with zero attached hydrogens (tertiary/aromatic N) is 1. The summed E-state index contributed by atoms with van der Waals surface area (Å²) in [7, 11) is 0. The first-order valence-corrected chi connectivity index (χ1v) is 7.71. The molecular weight excluding hydrogens is 335 g/mol. The van der Waals surface area contributed by atoms with Crippen molar-refractivity contribution in [1.29, 1.82) is 0 Å². The van der Waals surface area contributed by atoms with Crippen LogP contribution in [0.15, 0.2) is 42.6 Å². The van der Waals surface area contributed by atoms with Crippen molar-refractivity contribution in [1.82, 2.24) is 10.3 Å². The number of nitrogens with one attached hydrogen (secondary N) is 1. The second kappa shape index (κ2) is 8.40. The van der Waals surface area contributed by atoms with Gasteiger partial charge in [0.25, 0.3) is 5.91 Å². The van der Waals surface area contributed by atoms with Gasteiger partial charge in [-0.3, -0.25) is 9.59 Å². The maximum absolute atomic E-state index is 13.1. The highest BCUT2D eigenvalue weighted by Gasteiger charge is 2.20. The number of pyridine rings is 1. The fourth-order valence-electron chi connectivity index (χ4n) is 2.08.